The molecule has 3 heterocycles. The van der Waals surface area contributed by atoms with E-state index in [1.54, 1.807) is 11.3 Å². The van der Waals surface area contributed by atoms with E-state index in [4.69, 9.17) is 9.97 Å². The molecule has 5 heteroatoms. The summed E-state index contributed by atoms with van der Waals surface area (Å²) in [6.45, 7) is 7.50. The summed E-state index contributed by atoms with van der Waals surface area (Å²) < 4.78 is 0. The van der Waals surface area contributed by atoms with Crippen LogP contribution in [0, 0.1) is 20.8 Å². The molecule has 142 valence electrons. The molecule has 27 heavy (non-hydrogen) atoms. The number of fused-ring (bicyclic) bond motifs is 1. The lowest BCUT2D eigenvalue weighted by molar-refractivity contribution is 0.262. The zero-order chi connectivity index (χ0) is 19.0. The number of aliphatic hydroxyl groups is 1. The average Bonchev–Trinajstić information content (AvgIpc) is 2.98. The van der Waals surface area contributed by atoms with Crippen molar-refractivity contribution in [2.75, 3.05) is 18.1 Å². The number of aliphatic hydroxyl groups excluding tert-OH is 1. The van der Waals surface area contributed by atoms with Crippen LogP contribution in [0.2, 0.25) is 0 Å². The molecule has 1 aliphatic heterocycles. The Morgan fingerprint density at radius 2 is 1.89 bits per heavy atom. The minimum absolute atomic E-state index is 0.224. The summed E-state index contributed by atoms with van der Waals surface area (Å²) in [6.07, 6.45) is 4.32. The molecule has 0 aliphatic carbocycles. The lowest BCUT2D eigenvalue weighted by Crippen LogP contribution is -2.41. The van der Waals surface area contributed by atoms with E-state index < -0.39 is 0 Å². The Bertz CT molecular complexity index is 946. The second-order valence-electron chi connectivity index (χ2n) is 7.53. The van der Waals surface area contributed by atoms with Crippen LogP contribution < -0.4 is 4.90 Å². The number of thiophene rings is 1. The fourth-order valence-electron chi connectivity index (χ4n) is 4.20. The molecule has 1 atom stereocenters. The molecule has 4 nitrogen and oxygen atoms in total. The summed E-state index contributed by atoms with van der Waals surface area (Å²) in [5.41, 5.74) is 3.76. The highest BCUT2D eigenvalue weighted by molar-refractivity contribution is 7.19. The molecular formula is C22H27N3OS. The Morgan fingerprint density at radius 3 is 2.63 bits per heavy atom. The molecule has 0 amide bonds. The van der Waals surface area contributed by atoms with Crippen LogP contribution in [0.15, 0.2) is 24.3 Å². The van der Waals surface area contributed by atoms with Gasteiger partial charge in [0.05, 0.1) is 5.39 Å². The second kappa shape index (κ2) is 7.56. The third kappa shape index (κ3) is 3.46. The first-order valence-corrected chi connectivity index (χ1v) is 10.6. The molecule has 3 aromatic rings. The first-order valence-electron chi connectivity index (χ1n) is 9.80. The Hall–Kier alpha value is -1.98. The molecule has 1 aliphatic rings. The maximum absolute atomic E-state index is 9.56. The van der Waals surface area contributed by atoms with E-state index in [0.717, 1.165) is 35.9 Å². The number of aryl methyl sites for hydroxylation is 3. The molecule has 1 unspecified atom stereocenters. The van der Waals surface area contributed by atoms with Crippen LogP contribution in [0.5, 0.6) is 0 Å². The van der Waals surface area contributed by atoms with Crippen molar-refractivity contribution in [3.05, 3.63) is 40.5 Å². The quantitative estimate of drug-likeness (QED) is 0.689. The van der Waals surface area contributed by atoms with Gasteiger partial charge in [-0.05, 0) is 52.0 Å². The number of hydrogen-bond donors (Lipinski definition) is 1. The predicted octanol–water partition coefficient (Wildman–Crippen LogP) is 5.02. The maximum Gasteiger partial charge on any atom is 0.141 e. The third-order valence-electron chi connectivity index (χ3n) is 5.52. The molecule has 0 spiro atoms. The molecule has 2 aromatic heterocycles. The minimum Gasteiger partial charge on any atom is -0.396 e. The highest BCUT2D eigenvalue weighted by Crippen LogP contribution is 2.43. The van der Waals surface area contributed by atoms with Crippen LogP contribution in [0.4, 0.5) is 5.82 Å². The van der Waals surface area contributed by atoms with Crippen molar-refractivity contribution >= 4 is 27.4 Å². The van der Waals surface area contributed by atoms with Crippen molar-refractivity contribution in [1.82, 2.24) is 9.97 Å². The summed E-state index contributed by atoms with van der Waals surface area (Å²) in [5, 5.41) is 10.7. The number of rotatable bonds is 4. The van der Waals surface area contributed by atoms with Gasteiger partial charge in [-0.25, -0.2) is 9.97 Å². The van der Waals surface area contributed by atoms with Crippen molar-refractivity contribution in [1.29, 1.82) is 0 Å². The van der Waals surface area contributed by atoms with Crippen LogP contribution in [-0.2, 0) is 0 Å². The fourth-order valence-corrected chi connectivity index (χ4v) is 5.29. The van der Waals surface area contributed by atoms with E-state index in [1.807, 2.05) is 6.92 Å². The smallest absolute Gasteiger partial charge is 0.141 e. The topological polar surface area (TPSA) is 49.2 Å². The Kier molecular flexibility index (Phi) is 5.15. The van der Waals surface area contributed by atoms with Crippen molar-refractivity contribution in [3.8, 4) is 11.1 Å². The standard InChI is InChI=1S/C22H27N3OS/c1-14-7-9-17(10-8-14)19-15(2)27-22-20(19)21(23-16(3)24-22)25-12-5-4-6-18(25)11-13-26/h7-10,18,26H,4-6,11-13H2,1-3H3. The third-order valence-corrected chi connectivity index (χ3v) is 6.52. The zero-order valence-corrected chi connectivity index (χ0v) is 17.1. The van der Waals surface area contributed by atoms with Gasteiger partial charge in [-0.15, -0.1) is 11.3 Å². The molecule has 0 bridgehead atoms. The summed E-state index contributed by atoms with van der Waals surface area (Å²) >= 11 is 1.76. The SMILES string of the molecule is Cc1ccc(-c2c(C)sc3nc(C)nc(N4CCCCC4CCO)c23)cc1. The summed E-state index contributed by atoms with van der Waals surface area (Å²) in [5.74, 6) is 1.87. The van der Waals surface area contributed by atoms with Crippen molar-refractivity contribution in [2.24, 2.45) is 0 Å². The van der Waals surface area contributed by atoms with Crippen molar-refractivity contribution in [3.63, 3.8) is 0 Å². The molecule has 1 aromatic carbocycles. The van der Waals surface area contributed by atoms with E-state index in [-0.39, 0.29) is 6.61 Å². The monoisotopic (exact) mass is 381 g/mol. The van der Waals surface area contributed by atoms with E-state index in [2.05, 4.69) is 43.0 Å². The van der Waals surface area contributed by atoms with Crippen LogP contribution in [0.3, 0.4) is 0 Å². The molecule has 1 fully saturated rings. The van der Waals surface area contributed by atoms with Gasteiger partial charge in [0.25, 0.3) is 0 Å². The lowest BCUT2D eigenvalue weighted by atomic mass is 9.97. The second-order valence-corrected chi connectivity index (χ2v) is 8.73. The van der Waals surface area contributed by atoms with E-state index in [1.165, 1.54) is 39.8 Å². The number of benzene rings is 1. The molecule has 0 saturated carbocycles. The van der Waals surface area contributed by atoms with Gasteiger partial charge in [0.2, 0.25) is 0 Å². The van der Waals surface area contributed by atoms with E-state index in [0.29, 0.717) is 6.04 Å². The van der Waals surface area contributed by atoms with Crippen molar-refractivity contribution in [2.45, 2.75) is 52.5 Å². The molecule has 4 rings (SSSR count). The van der Waals surface area contributed by atoms with Crippen molar-refractivity contribution < 1.29 is 5.11 Å². The van der Waals surface area contributed by atoms with Gasteiger partial charge in [0, 0.05) is 29.6 Å². The van der Waals surface area contributed by atoms with E-state index >= 15 is 0 Å². The molecule has 0 radical (unpaired) electrons. The van der Waals surface area contributed by atoms with E-state index in [9.17, 15) is 5.11 Å². The number of anilines is 1. The Balaban J connectivity index is 1.93. The summed E-state index contributed by atoms with van der Waals surface area (Å²) in [6, 6.07) is 9.10. The lowest BCUT2D eigenvalue weighted by Gasteiger charge is -2.37. The van der Waals surface area contributed by atoms with Gasteiger partial charge in [-0.2, -0.15) is 0 Å². The molecule has 1 saturated heterocycles. The first-order chi connectivity index (χ1) is 13.1. The van der Waals surface area contributed by atoms with Gasteiger partial charge >= 0.3 is 0 Å². The van der Waals surface area contributed by atoms with Gasteiger partial charge in [-0.3, -0.25) is 0 Å². The van der Waals surface area contributed by atoms with Crippen LogP contribution >= 0.6 is 11.3 Å². The molecule has 1 N–H and O–H groups in total. The first kappa shape index (κ1) is 18.4. The van der Waals surface area contributed by atoms with Gasteiger partial charge in [0.1, 0.15) is 16.5 Å². The number of nitrogens with zero attached hydrogens (tertiary/aromatic N) is 3. The largest absolute Gasteiger partial charge is 0.396 e. The Labute approximate surface area is 164 Å². The number of aromatic nitrogens is 2. The maximum atomic E-state index is 9.56. The predicted molar refractivity (Wildman–Crippen MR) is 114 cm³/mol. The van der Waals surface area contributed by atoms with Crippen LogP contribution in [0.1, 0.15) is 41.9 Å². The highest BCUT2D eigenvalue weighted by atomic mass is 32.1. The zero-order valence-electron chi connectivity index (χ0n) is 16.3. The van der Waals surface area contributed by atoms with Gasteiger partial charge < -0.3 is 10.0 Å². The number of piperidine rings is 1. The summed E-state index contributed by atoms with van der Waals surface area (Å²) in [7, 11) is 0. The highest BCUT2D eigenvalue weighted by Gasteiger charge is 2.27. The van der Waals surface area contributed by atoms with Crippen LogP contribution in [0.25, 0.3) is 21.3 Å². The fraction of sp³-hybridized carbons (Fsp3) is 0.455. The Morgan fingerprint density at radius 1 is 1.11 bits per heavy atom. The minimum atomic E-state index is 0.224. The summed E-state index contributed by atoms with van der Waals surface area (Å²) in [4.78, 5) is 14.5. The molecular weight excluding hydrogens is 354 g/mol. The van der Waals surface area contributed by atoms with Gasteiger partial charge in [-0.1, -0.05) is 29.8 Å². The number of hydrogen-bond acceptors (Lipinski definition) is 5. The van der Waals surface area contributed by atoms with Crippen LogP contribution in [-0.4, -0.2) is 34.3 Å². The average molecular weight is 382 g/mol. The van der Waals surface area contributed by atoms with Gasteiger partial charge in [0.15, 0.2) is 0 Å². The normalized spacial score (nSPS) is 17.6.